The Bertz CT molecular complexity index is 1630. The molecule has 1 aromatic carbocycles. The van der Waals surface area contributed by atoms with Crippen molar-refractivity contribution in [1.82, 2.24) is 24.8 Å². The zero-order chi connectivity index (χ0) is 25.3. The maximum absolute atomic E-state index is 12.7. The third-order valence-electron chi connectivity index (χ3n) is 7.52. The van der Waals surface area contributed by atoms with Crippen LogP contribution in [0.25, 0.3) is 20.8 Å². The lowest BCUT2D eigenvalue weighted by atomic mass is 10.2. The monoisotopic (exact) mass is 533 g/mol. The number of fused-ring (bicyclic) bond motifs is 3. The molecule has 2 aliphatic heterocycles. The van der Waals surface area contributed by atoms with Crippen molar-refractivity contribution in [3.63, 3.8) is 0 Å². The number of nitrogens with zero attached hydrogens (tertiary/aromatic N) is 6. The highest BCUT2D eigenvalue weighted by Gasteiger charge is 2.42. The number of benzene rings is 1. The molecule has 4 aromatic rings. The van der Waals surface area contributed by atoms with Crippen LogP contribution < -0.4 is 10.2 Å². The van der Waals surface area contributed by atoms with E-state index in [4.69, 9.17) is 15.0 Å². The Morgan fingerprint density at radius 3 is 2.65 bits per heavy atom. The van der Waals surface area contributed by atoms with Crippen LogP contribution in [0.3, 0.4) is 0 Å². The number of likely N-dealkylation sites (tertiary alicyclic amines) is 1. The Balaban J connectivity index is 1.15. The highest BCUT2D eigenvalue weighted by atomic mass is 32.2. The van der Waals surface area contributed by atoms with Crippen molar-refractivity contribution in [3.05, 3.63) is 48.3 Å². The van der Waals surface area contributed by atoms with Crippen LogP contribution in [0, 0.1) is 6.92 Å². The molecule has 1 saturated carbocycles. The molecular weight excluding hydrogens is 506 g/mol. The number of sulfone groups is 1. The highest BCUT2D eigenvalue weighted by Crippen LogP contribution is 2.37. The second-order valence-corrected chi connectivity index (χ2v) is 13.5. The van der Waals surface area contributed by atoms with Gasteiger partial charge in [0.15, 0.2) is 9.84 Å². The predicted octanol–water partition coefficient (Wildman–Crippen LogP) is 4.03. The molecule has 0 spiro atoms. The van der Waals surface area contributed by atoms with E-state index in [9.17, 15) is 8.42 Å². The quantitative estimate of drug-likeness (QED) is 0.393. The summed E-state index contributed by atoms with van der Waals surface area (Å²) in [6, 6.07) is 12.0. The first-order chi connectivity index (χ1) is 17.8. The van der Waals surface area contributed by atoms with E-state index in [0.29, 0.717) is 28.6 Å². The first-order valence-electron chi connectivity index (χ1n) is 12.5. The number of likely N-dealkylation sites (N-methyl/N-ethyl adjacent to an activating group) is 1. The highest BCUT2D eigenvalue weighted by molar-refractivity contribution is 7.92. The Morgan fingerprint density at radius 1 is 1.03 bits per heavy atom. The molecule has 0 unspecified atom stereocenters. The molecule has 1 N–H and O–H groups in total. The Kier molecular flexibility index (Phi) is 5.24. The number of rotatable bonds is 6. The van der Waals surface area contributed by atoms with Gasteiger partial charge in [0.25, 0.3) is 0 Å². The Morgan fingerprint density at radius 2 is 1.89 bits per heavy atom. The molecule has 0 radical (unpaired) electrons. The van der Waals surface area contributed by atoms with Crippen molar-refractivity contribution in [2.75, 3.05) is 30.4 Å². The average Bonchev–Trinajstić information content (AvgIpc) is 3.39. The summed E-state index contributed by atoms with van der Waals surface area (Å²) < 4.78 is 26.3. The van der Waals surface area contributed by atoms with E-state index >= 15 is 0 Å². The summed E-state index contributed by atoms with van der Waals surface area (Å²) in [4.78, 5) is 24.0. The van der Waals surface area contributed by atoms with Gasteiger partial charge >= 0.3 is 0 Å². The third-order valence-corrected chi connectivity index (χ3v) is 10.8. The summed E-state index contributed by atoms with van der Waals surface area (Å²) in [5.41, 5.74) is 2.51. The smallest absolute Gasteiger partial charge is 0.227 e. The Labute approximate surface area is 219 Å². The number of hydrogen-bond donors (Lipinski definition) is 1. The first-order valence-corrected chi connectivity index (χ1v) is 14.9. The summed E-state index contributed by atoms with van der Waals surface area (Å²) in [6.45, 7) is 3.99. The fourth-order valence-electron chi connectivity index (χ4n) is 5.39. The summed E-state index contributed by atoms with van der Waals surface area (Å²) >= 11 is 1.50. The first kappa shape index (κ1) is 23.0. The van der Waals surface area contributed by atoms with Gasteiger partial charge in [0.05, 0.1) is 20.4 Å². The van der Waals surface area contributed by atoms with Gasteiger partial charge in [-0.15, -0.1) is 11.3 Å². The van der Waals surface area contributed by atoms with Gasteiger partial charge in [-0.2, -0.15) is 4.98 Å². The summed E-state index contributed by atoms with van der Waals surface area (Å²) in [5.74, 6) is 2.13. The molecule has 9 nitrogen and oxygen atoms in total. The lowest BCUT2D eigenvalue weighted by Gasteiger charge is -2.32. The fourth-order valence-corrected chi connectivity index (χ4v) is 8.00. The standard InChI is InChI=1S/C26H27N7O2S2/c1-15-8-24(31-26(28-15)33-14-17-10-18(33)13-32(17)2)30-23-11-21-22(12-27-23)36-25(29-21)16-4-3-5-20(9-16)37(34,35)19-6-7-19/h3-5,8-9,11-12,17-19H,6-7,10,13-14H2,1-2H3,(H,27,28,30,31)/t17-,18-/m0/s1. The van der Waals surface area contributed by atoms with Crippen molar-refractivity contribution in [2.45, 2.75) is 48.4 Å². The normalized spacial score (nSPS) is 21.7. The lowest BCUT2D eigenvalue weighted by molar-refractivity contribution is 0.291. The third kappa shape index (κ3) is 4.14. The minimum absolute atomic E-state index is 0.233. The van der Waals surface area contributed by atoms with E-state index in [-0.39, 0.29) is 5.25 Å². The molecule has 5 heterocycles. The number of aryl methyl sites for hydroxylation is 1. The molecule has 3 aromatic heterocycles. The van der Waals surface area contributed by atoms with Gasteiger partial charge in [-0.25, -0.2) is 23.4 Å². The summed E-state index contributed by atoms with van der Waals surface area (Å²) in [5, 5.41) is 3.88. The van der Waals surface area contributed by atoms with Crippen LogP contribution >= 0.6 is 11.3 Å². The van der Waals surface area contributed by atoms with Gasteiger partial charge in [-0.1, -0.05) is 12.1 Å². The van der Waals surface area contributed by atoms with Crippen molar-refractivity contribution < 1.29 is 8.42 Å². The van der Waals surface area contributed by atoms with E-state index in [1.165, 1.54) is 11.3 Å². The lowest BCUT2D eigenvalue weighted by Crippen LogP contribution is -2.45. The summed E-state index contributed by atoms with van der Waals surface area (Å²) in [6.07, 6.45) is 4.46. The molecule has 1 aliphatic carbocycles. The van der Waals surface area contributed by atoms with Crippen molar-refractivity contribution >= 4 is 49.0 Å². The van der Waals surface area contributed by atoms with Crippen LogP contribution in [0.5, 0.6) is 0 Å². The van der Waals surface area contributed by atoms with E-state index in [0.717, 1.165) is 64.8 Å². The minimum atomic E-state index is -3.25. The van der Waals surface area contributed by atoms with Crippen LogP contribution in [0.4, 0.5) is 17.6 Å². The number of nitrogens with one attached hydrogen (secondary N) is 1. The Hall–Kier alpha value is -3.15. The zero-order valence-corrected chi connectivity index (χ0v) is 22.3. The largest absolute Gasteiger partial charge is 0.335 e. The fraction of sp³-hybridized carbons (Fsp3) is 0.385. The SMILES string of the molecule is Cc1cc(Nc2cc3nc(-c4cccc(S(=O)(=O)C5CC5)c4)sc3cn2)nc(N2C[C@@H]3C[C@H]2CN3C)n1. The second-order valence-electron chi connectivity index (χ2n) is 10.3. The molecule has 190 valence electrons. The van der Waals surface area contributed by atoms with E-state index < -0.39 is 9.84 Å². The van der Waals surface area contributed by atoms with Crippen molar-refractivity contribution in [3.8, 4) is 10.6 Å². The van der Waals surface area contributed by atoms with Crippen LogP contribution in [0.2, 0.25) is 0 Å². The van der Waals surface area contributed by atoms with Gasteiger partial charge in [0, 0.05) is 54.8 Å². The van der Waals surface area contributed by atoms with Gasteiger partial charge in [0.2, 0.25) is 5.95 Å². The second kappa shape index (κ2) is 8.44. The number of anilines is 3. The maximum Gasteiger partial charge on any atom is 0.227 e. The van der Waals surface area contributed by atoms with Crippen molar-refractivity contribution in [1.29, 1.82) is 0 Å². The average molecular weight is 534 g/mol. The zero-order valence-electron chi connectivity index (χ0n) is 20.6. The predicted molar refractivity (Wildman–Crippen MR) is 145 cm³/mol. The van der Waals surface area contributed by atoms with Crippen molar-refractivity contribution in [2.24, 2.45) is 0 Å². The number of piperazine rings is 1. The van der Waals surface area contributed by atoms with Gasteiger partial charge < -0.3 is 10.2 Å². The summed E-state index contributed by atoms with van der Waals surface area (Å²) in [7, 11) is -1.06. The molecule has 2 bridgehead atoms. The molecule has 3 aliphatic rings. The van der Waals surface area contributed by atoms with E-state index in [1.54, 1.807) is 24.4 Å². The molecular formula is C26H27N7O2S2. The molecule has 3 fully saturated rings. The van der Waals surface area contributed by atoms with Crippen LogP contribution in [0.1, 0.15) is 25.0 Å². The number of thiazole rings is 1. The number of aromatic nitrogens is 4. The molecule has 0 amide bonds. The van der Waals surface area contributed by atoms with E-state index in [1.807, 2.05) is 25.1 Å². The molecule has 2 saturated heterocycles. The molecule has 7 rings (SSSR count). The van der Waals surface area contributed by atoms with Gasteiger partial charge in [0.1, 0.15) is 16.6 Å². The van der Waals surface area contributed by atoms with Crippen LogP contribution in [-0.2, 0) is 9.84 Å². The molecule has 2 atom stereocenters. The van der Waals surface area contributed by atoms with Crippen LogP contribution in [0.15, 0.2) is 47.5 Å². The maximum atomic E-state index is 12.7. The van der Waals surface area contributed by atoms with Gasteiger partial charge in [-0.05, 0) is 45.4 Å². The molecule has 37 heavy (non-hydrogen) atoms. The van der Waals surface area contributed by atoms with Crippen LogP contribution in [-0.4, -0.2) is 70.7 Å². The van der Waals surface area contributed by atoms with Gasteiger partial charge in [-0.3, -0.25) is 4.90 Å². The topological polar surface area (TPSA) is 104 Å². The molecule has 11 heteroatoms. The number of hydrogen-bond acceptors (Lipinski definition) is 10. The number of pyridine rings is 1. The van der Waals surface area contributed by atoms with E-state index in [2.05, 4.69) is 27.1 Å². The minimum Gasteiger partial charge on any atom is -0.335 e.